The number of nitrogens with zero attached hydrogens (tertiary/aromatic N) is 4. The highest BCUT2D eigenvalue weighted by Gasteiger charge is 2.45. The van der Waals surface area contributed by atoms with E-state index in [1.54, 1.807) is 28.8 Å². The lowest BCUT2D eigenvalue weighted by molar-refractivity contribution is -0.274. The van der Waals surface area contributed by atoms with E-state index in [-0.39, 0.29) is 16.9 Å². The molecule has 2 aromatic carbocycles. The molecule has 2 aliphatic rings. The van der Waals surface area contributed by atoms with E-state index in [4.69, 9.17) is 11.6 Å². The van der Waals surface area contributed by atoms with Gasteiger partial charge in [0.15, 0.2) is 5.78 Å². The van der Waals surface area contributed by atoms with E-state index in [9.17, 15) is 18.0 Å². The third kappa shape index (κ3) is 5.93. The van der Waals surface area contributed by atoms with Gasteiger partial charge in [-0.3, -0.25) is 9.20 Å². The topological polar surface area (TPSA) is 50.1 Å². The first-order chi connectivity index (χ1) is 20.1. The second kappa shape index (κ2) is 11.2. The highest BCUT2D eigenvalue weighted by molar-refractivity contribution is 6.30. The van der Waals surface area contributed by atoms with Crippen molar-refractivity contribution >= 4 is 34.4 Å². The van der Waals surface area contributed by atoms with Crippen LogP contribution in [0.3, 0.4) is 0 Å². The number of pyridine rings is 1. The van der Waals surface area contributed by atoms with Gasteiger partial charge in [0.2, 0.25) is 0 Å². The molecule has 0 bridgehead atoms. The van der Waals surface area contributed by atoms with Crippen LogP contribution in [0, 0.1) is 5.41 Å². The molecule has 4 heterocycles. The summed E-state index contributed by atoms with van der Waals surface area (Å²) in [4.78, 5) is 22.4. The maximum Gasteiger partial charge on any atom is 0.573 e. The summed E-state index contributed by atoms with van der Waals surface area (Å²) in [6, 6.07) is 18.2. The minimum absolute atomic E-state index is 0.0623. The Labute approximate surface area is 247 Å². The molecule has 4 aromatic rings. The summed E-state index contributed by atoms with van der Waals surface area (Å²) in [5.41, 5.74) is 5.64. The number of aryl methyl sites for hydroxylation is 2. The van der Waals surface area contributed by atoms with Gasteiger partial charge in [0, 0.05) is 55.6 Å². The number of Topliss-reactive ketones (excluding diaryl/α,β-unsaturated/α-hetero) is 1. The Hall–Kier alpha value is -3.72. The van der Waals surface area contributed by atoms with Crippen LogP contribution in [0.1, 0.15) is 47.9 Å². The van der Waals surface area contributed by atoms with Crippen molar-refractivity contribution in [1.29, 1.82) is 0 Å². The molecule has 42 heavy (non-hydrogen) atoms. The van der Waals surface area contributed by atoms with Crippen molar-refractivity contribution in [2.75, 3.05) is 36.0 Å². The summed E-state index contributed by atoms with van der Waals surface area (Å²) < 4.78 is 43.1. The molecule has 2 saturated heterocycles. The molecule has 0 saturated carbocycles. The number of carbonyl (C=O) groups excluding carboxylic acids is 1. The molecule has 2 aliphatic heterocycles. The van der Waals surface area contributed by atoms with Gasteiger partial charge in [-0.1, -0.05) is 30.7 Å². The minimum Gasteiger partial charge on any atom is -0.406 e. The number of benzene rings is 2. The number of imidazole rings is 1. The standard InChI is InChI=1S/C32H32ClF3N4O2/c1-2-27-30(40-19-23(33)6-14-29(40)37-27)28(41)13-5-22-3-7-25(8-4-22)39-20-31(21-39)15-17-38(18-16-31)24-9-11-26(12-10-24)42-32(34,35)36/h3-4,6-12,14,19H,2,5,13,15-18,20-21H2,1H3. The lowest BCUT2D eigenvalue weighted by atomic mass is 9.71. The van der Waals surface area contributed by atoms with Crippen LogP contribution in [-0.2, 0) is 12.8 Å². The van der Waals surface area contributed by atoms with Crippen molar-refractivity contribution in [3.8, 4) is 5.75 Å². The van der Waals surface area contributed by atoms with Gasteiger partial charge in [0.25, 0.3) is 0 Å². The van der Waals surface area contributed by atoms with Gasteiger partial charge in [-0.05, 0) is 79.8 Å². The van der Waals surface area contributed by atoms with Crippen LogP contribution in [0.2, 0.25) is 5.02 Å². The SMILES string of the molecule is CCc1nc2ccc(Cl)cn2c1C(=O)CCc1ccc(N2CC3(CCN(c4ccc(OC(F)(F)F)cc4)CC3)C2)cc1. The van der Waals surface area contributed by atoms with E-state index >= 15 is 0 Å². The van der Waals surface area contributed by atoms with Crippen molar-refractivity contribution in [1.82, 2.24) is 9.38 Å². The zero-order valence-corrected chi connectivity index (χ0v) is 24.1. The Kier molecular flexibility index (Phi) is 7.55. The van der Waals surface area contributed by atoms with Crippen molar-refractivity contribution < 1.29 is 22.7 Å². The van der Waals surface area contributed by atoms with Crippen LogP contribution >= 0.6 is 11.6 Å². The second-order valence-corrected chi connectivity index (χ2v) is 11.7. The summed E-state index contributed by atoms with van der Waals surface area (Å²) in [6.07, 6.45) is 0.881. The van der Waals surface area contributed by atoms with Crippen LogP contribution in [0.15, 0.2) is 66.9 Å². The van der Waals surface area contributed by atoms with Gasteiger partial charge in [0.05, 0.1) is 10.7 Å². The normalized spacial score (nSPS) is 16.6. The maximum atomic E-state index is 13.2. The van der Waals surface area contributed by atoms with E-state index in [0.717, 1.165) is 61.6 Å². The summed E-state index contributed by atoms with van der Waals surface area (Å²) in [5.74, 6) is -0.137. The van der Waals surface area contributed by atoms with Gasteiger partial charge in [-0.15, -0.1) is 13.2 Å². The van der Waals surface area contributed by atoms with E-state index in [0.29, 0.717) is 30.0 Å². The van der Waals surface area contributed by atoms with Crippen LogP contribution < -0.4 is 14.5 Å². The number of ether oxygens (including phenoxy) is 1. The van der Waals surface area contributed by atoms with E-state index in [2.05, 4.69) is 43.8 Å². The first-order valence-electron chi connectivity index (χ1n) is 14.3. The average Bonchev–Trinajstić information content (AvgIpc) is 3.32. The lowest BCUT2D eigenvalue weighted by Gasteiger charge is -2.55. The van der Waals surface area contributed by atoms with Crippen LogP contribution in [0.5, 0.6) is 5.75 Å². The van der Waals surface area contributed by atoms with Crippen molar-refractivity contribution in [3.63, 3.8) is 0 Å². The molecule has 2 fully saturated rings. The Balaban J connectivity index is 1.00. The maximum absolute atomic E-state index is 13.2. The first-order valence-corrected chi connectivity index (χ1v) is 14.6. The molecule has 220 valence electrons. The molecule has 0 N–H and O–H groups in total. The van der Waals surface area contributed by atoms with E-state index in [1.807, 2.05) is 13.0 Å². The summed E-state index contributed by atoms with van der Waals surface area (Å²) in [7, 11) is 0. The van der Waals surface area contributed by atoms with Gasteiger partial charge in [-0.2, -0.15) is 0 Å². The predicted molar refractivity (Wildman–Crippen MR) is 158 cm³/mol. The highest BCUT2D eigenvalue weighted by Crippen LogP contribution is 2.43. The molecule has 0 amide bonds. The fraction of sp³-hybridized carbons (Fsp3) is 0.375. The van der Waals surface area contributed by atoms with Crippen molar-refractivity contribution in [3.05, 3.63) is 88.8 Å². The fourth-order valence-electron chi connectivity index (χ4n) is 6.22. The average molecular weight is 597 g/mol. The number of hydrogen-bond acceptors (Lipinski definition) is 5. The Bertz CT molecular complexity index is 1570. The molecular formula is C32H32ClF3N4O2. The number of aromatic nitrogens is 2. The van der Waals surface area contributed by atoms with Gasteiger partial charge >= 0.3 is 6.36 Å². The first kappa shape index (κ1) is 28.4. The molecular weight excluding hydrogens is 565 g/mol. The zero-order valence-electron chi connectivity index (χ0n) is 23.3. The van der Waals surface area contributed by atoms with Gasteiger partial charge < -0.3 is 14.5 Å². The third-order valence-electron chi connectivity index (χ3n) is 8.51. The smallest absolute Gasteiger partial charge is 0.406 e. The second-order valence-electron chi connectivity index (χ2n) is 11.3. The summed E-state index contributed by atoms with van der Waals surface area (Å²) in [5, 5.41) is 0.568. The third-order valence-corrected chi connectivity index (χ3v) is 8.73. The summed E-state index contributed by atoms with van der Waals surface area (Å²) >= 11 is 6.18. The molecule has 6 nitrogen and oxygen atoms in total. The molecule has 0 atom stereocenters. The number of piperidine rings is 1. The van der Waals surface area contributed by atoms with Crippen LogP contribution in [0.4, 0.5) is 24.5 Å². The van der Waals surface area contributed by atoms with Crippen LogP contribution in [-0.4, -0.2) is 47.7 Å². The quantitative estimate of drug-likeness (QED) is 0.199. The molecule has 1 spiro atoms. The lowest BCUT2D eigenvalue weighted by Crippen LogP contribution is -2.60. The molecule has 0 unspecified atom stereocenters. The van der Waals surface area contributed by atoms with E-state index < -0.39 is 6.36 Å². The van der Waals surface area contributed by atoms with Crippen molar-refractivity contribution in [2.24, 2.45) is 5.41 Å². The molecule has 0 aliphatic carbocycles. The Morgan fingerprint density at radius 1 is 0.952 bits per heavy atom. The zero-order chi connectivity index (χ0) is 29.5. The largest absolute Gasteiger partial charge is 0.573 e. The molecule has 6 rings (SSSR count). The number of anilines is 2. The molecule has 0 radical (unpaired) electrons. The molecule has 10 heteroatoms. The fourth-order valence-corrected chi connectivity index (χ4v) is 6.38. The highest BCUT2D eigenvalue weighted by atomic mass is 35.5. The van der Waals surface area contributed by atoms with Gasteiger partial charge in [-0.25, -0.2) is 4.98 Å². The monoisotopic (exact) mass is 596 g/mol. The van der Waals surface area contributed by atoms with Crippen LogP contribution in [0.25, 0.3) is 5.65 Å². The molecule has 2 aromatic heterocycles. The minimum atomic E-state index is -4.68. The number of fused-ring (bicyclic) bond motifs is 1. The predicted octanol–water partition coefficient (Wildman–Crippen LogP) is 7.37. The van der Waals surface area contributed by atoms with E-state index in [1.165, 1.54) is 17.8 Å². The summed E-state index contributed by atoms with van der Waals surface area (Å²) in [6.45, 7) is 5.74. The van der Waals surface area contributed by atoms with Gasteiger partial charge in [0.1, 0.15) is 17.1 Å². The number of halogens is 4. The number of carbonyl (C=O) groups is 1. The Morgan fingerprint density at radius 3 is 2.24 bits per heavy atom. The number of hydrogen-bond donors (Lipinski definition) is 0. The number of ketones is 1. The van der Waals surface area contributed by atoms with Crippen molar-refractivity contribution in [2.45, 2.75) is 45.4 Å². The Morgan fingerprint density at radius 2 is 1.60 bits per heavy atom. The number of rotatable bonds is 8. The number of alkyl halides is 3.